The normalized spacial score (nSPS) is 41.7. The van der Waals surface area contributed by atoms with Gasteiger partial charge in [0.25, 0.3) is 0 Å². The van der Waals surface area contributed by atoms with Crippen molar-refractivity contribution in [2.24, 2.45) is 5.41 Å². The second-order valence-corrected chi connectivity index (χ2v) is 5.45. The van der Waals surface area contributed by atoms with Crippen LogP contribution in [0.3, 0.4) is 0 Å². The fourth-order valence-corrected chi connectivity index (χ4v) is 2.73. The molecule has 4 nitrogen and oxygen atoms in total. The van der Waals surface area contributed by atoms with Gasteiger partial charge >= 0.3 is 5.97 Å². The molecule has 98 valence electrons. The molecule has 0 radical (unpaired) electrons. The van der Waals surface area contributed by atoms with Crippen molar-refractivity contribution < 1.29 is 19.0 Å². The fourth-order valence-electron chi connectivity index (χ4n) is 2.73. The first kappa shape index (κ1) is 13.1. The second-order valence-electron chi connectivity index (χ2n) is 5.45. The Morgan fingerprint density at radius 3 is 2.78 bits per heavy atom. The fraction of sp³-hybridized carbons (Fsp3) is 0.643. The summed E-state index contributed by atoms with van der Waals surface area (Å²) < 4.78 is 16.9. The van der Waals surface area contributed by atoms with Gasteiger partial charge < -0.3 is 14.2 Å². The van der Waals surface area contributed by atoms with Crippen LogP contribution in [0.1, 0.15) is 27.2 Å². The van der Waals surface area contributed by atoms with Crippen molar-refractivity contribution in [2.75, 3.05) is 6.61 Å². The second kappa shape index (κ2) is 3.84. The standard InChI is InChI=1S/C14H18O4/c1-6-8-10-14(18-12(3,4)17-10)11(15)16-9-13(14,5)7-2/h1,7,10H,2,8-9H2,3-5H3/t10-,13-,14-/m1/s1. The van der Waals surface area contributed by atoms with Crippen LogP contribution in [-0.4, -0.2) is 30.1 Å². The maximum absolute atomic E-state index is 12.2. The van der Waals surface area contributed by atoms with E-state index in [0.29, 0.717) is 6.42 Å². The Labute approximate surface area is 107 Å². The van der Waals surface area contributed by atoms with Gasteiger partial charge in [0.1, 0.15) is 12.7 Å². The number of rotatable bonds is 2. The molecule has 0 N–H and O–H groups in total. The average molecular weight is 250 g/mol. The highest BCUT2D eigenvalue weighted by molar-refractivity contribution is 5.85. The molecule has 0 aromatic rings. The Balaban J connectivity index is 2.52. The Morgan fingerprint density at radius 2 is 2.22 bits per heavy atom. The molecular formula is C14H18O4. The Bertz CT molecular complexity index is 434. The van der Waals surface area contributed by atoms with Crippen LogP contribution in [0.25, 0.3) is 0 Å². The number of ether oxygens (including phenoxy) is 3. The first-order chi connectivity index (χ1) is 8.31. The van der Waals surface area contributed by atoms with Crippen molar-refractivity contribution >= 4 is 5.97 Å². The van der Waals surface area contributed by atoms with Crippen molar-refractivity contribution in [3.05, 3.63) is 12.7 Å². The minimum atomic E-state index is -1.19. The molecule has 0 aromatic carbocycles. The molecule has 2 fully saturated rings. The molecule has 4 heteroatoms. The summed E-state index contributed by atoms with van der Waals surface area (Å²) in [7, 11) is 0. The molecule has 18 heavy (non-hydrogen) atoms. The van der Waals surface area contributed by atoms with Crippen LogP contribution < -0.4 is 0 Å². The number of cyclic esters (lactones) is 1. The highest BCUT2D eigenvalue weighted by atomic mass is 16.8. The molecule has 2 aliphatic rings. The molecular weight excluding hydrogens is 232 g/mol. The lowest BCUT2D eigenvalue weighted by Crippen LogP contribution is -2.55. The van der Waals surface area contributed by atoms with E-state index in [-0.39, 0.29) is 6.61 Å². The Hall–Kier alpha value is -1.31. The zero-order valence-corrected chi connectivity index (χ0v) is 11.0. The van der Waals surface area contributed by atoms with Crippen LogP contribution in [0.15, 0.2) is 12.7 Å². The van der Waals surface area contributed by atoms with E-state index >= 15 is 0 Å². The lowest BCUT2D eigenvalue weighted by atomic mass is 9.71. The lowest BCUT2D eigenvalue weighted by Gasteiger charge is -2.35. The van der Waals surface area contributed by atoms with Gasteiger partial charge in [-0.1, -0.05) is 6.08 Å². The van der Waals surface area contributed by atoms with Crippen molar-refractivity contribution in [1.29, 1.82) is 0 Å². The largest absolute Gasteiger partial charge is 0.462 e. The molecule has 0 saturated carbocycles. The van der Waals surface area contributed by atoms with E-state index in [4.69, 9.17) is 20.6 Å². The molecule has 0 aliphatic carbocycles. The molecule has 0 aromatic heterocycles. The first-order valence-corrected chi connectivity index (χ1v) is 5.93. The van der Waals surface area contributed by atoms with E-state index in [0.717, 1.165) is 0 Å². The molecule has 0 bridgehead atoms. The van der Waals surface area contributed by atoms with E-state index < -0.39 is 28.9 Å². The summed E-state index contributed by atoms with van der Waals surface area (Å²) in [5.41, 5.74) is -1.83. The van der Waals surface area contributed by atoms with Gasteiger partial charge in [0.2, 0.25) is 5.60 Å². The van der Waals surface area contributed by atoms with Crippen molar-refractivity contribution in [3.8, 4) is 12.3 Å². The summed E-state index contributed by atoms with van der Waals surface area (Å²) in [4.78, 5) is 12.2. The predicted octanol–water partition coefficient (Wildman–Crippen LogP) is 1.65. The highest BCUT2D eigenvalue weighted by Crippen LogP contribution is 2.53. The van der Waals surface area contributed by atoms with Crippen LogP contribution in [0.5, 0.6) is 0 Å². The van der Waals surface area contributed by atoms with Crippen LogP contribution >= 0.6 is 0 Å². The molecule has 2 rings (SSSR count). The molecule has 2 saturated heterocycles. The minimum Gasteiger partial charge on any atom is -0.462 e. The van der Waals surface area contributed by atoms with Crippen LogP contribution in [0.2, 0.25) is 0 Å². The number of terminal acetylenes is 1. The van der Waals surface area contributed by atoms with Gasteiger partial charge in [0.15, 0.2) is 5.79 Å². The van der Waals surface area contributed by atoms with E-state index in [9.17, 15) is 4.79 Å². The maximum atomic E-state index is 12.2. The SMILES string of the molecule is C#CC[C@H]1OC(C)(C)O[C@@]12C(=O)OC[C@@]2(C)C=C. The molecule has 0 unspecified atom stereocenters. The maximum Gasteiger partial charge on any atom is 0.342 e. The Kier molecular flexibility index (Phi) is 2.80. The zero-order valence-electron chi connectivity index (χ0n) is 11.0. The zero-order chi connectivity index (χ0) is 13.6. The molecule has 0 amide bonds. The van der Waals surface area contributed by atoms with E-state index in [2.05, 4.69) is 12.5 Å². The summed E-state index contributed by atoms with van der Waals surface area (Å²) in [5.74, 6) is 1.25. The van der Waals surface area contributed by atoms with Crippen molar-refractivity contribution in [1.82, 2.24) is 0 Å². The molecule has 3 atom stereocenters. The molecule has 2 heterocycles. The third-order valence-electron chi connectivity index (χ3n) is 3.69. The predicted molar refractivity (Wildman–Crippen MR) is 65.5 cm³/mol. The third-order valence-corrected chi connectivity index (χ3v) is 3.69. The Morgan fingerprint density at radius 1 is 1.56 bits per heavy atom. The van der Waals surface area contributed by atoms with E-state index in [1.807, 2.05) is 6.92 Å². The first-order valence-electron chi connectivity index (χ1n) is 5.93. The van der Waals surface area contributed by atoms with Crippen LogP contribution in [0.4, 0.5) is 0 Å². The molecule has 2 aliphatic heterocycles. The lowest BCUT2D eigenvalue weighted by molar-refractivity contribution is -0.185. The topological polar surface area (TPSA) is 44.8 Å². The van der Waals surface area contributed by atoms with Gasteiger partial charge in [-0.2, -0.15) is 0 Å². The summed E-state index contributed by atoms with van der Waals surface area (Å²) in [6.07, 6.45) is 6.82. The van der Waals surface area contributed by atoms with Gasteiger partial charge in [0.05, 0.1) is 5.41 Å². The molecule has 1 spiro atoms. The van der Waals surface area contributed by atoms with Gasteiger partial charge in [-0.3, -0.25) is 0 Å². The average Bonchev–Trinajstić information content (AvgIpc) is 2.71. The van der Waals surface area contributed by atoms with Gasteiger partial charge in [-0.25, -0.2) is 4.79 Å². The van der Waals surface area contributed by atoms with Crippen molar-refractivity contribution in [2.45, 2.75) is 44.7 Å². The smallest absolute Gasteiger partial charge is 0.342 e. The van der Waals surface area contributed by atoms with Crippen molar-refractivity contribution in [3.63, 3.8) is 0 Å². The summed E-state index contributed by atoms with van der Waals surface area (Å²) in [6.45, 7) is 9.43. The number of carbonyl (C=O) groups is 1. The minimum absolute atomic E-state index is 0.232. The monoisotopic (exact) mass is 250 g/mol. The van der Waals surface area contributed by atoms with Gasteiger partial charge in [0, 0.05) is 6.42 Å². The number of carbonyl (C=O) groups excluding carboxylic acids is 1. The summed E-state index contributed by atoms with van der Waals surface area (Å²) in [5, 5.41) is 0. The van der Waals surface area contributed by atoms with Gasteiger partial charge in [-0.15, -0.1) is 18.9 Å². The number of hydrogen-bond acceptors (Lipinski definition) is 4. The van der Waals surface area contributed by atoms with Gasteiger partial charge in [-0.05, 0) is 20.8 Å². The van der Waals surface area contributed by atoms with Crippen LogP contribution in [0, 0.1) is 17.8 Å². The van der Waals surface area contributed by atoms with E-state index in [1.54, 1.807) is 19.9 Å². The van der Waals surface area contributed by atoms with Crippen LogP contribution in [-0.2, 0) is 19.0 Å². The third kappa shape index (κ3) is 1.51. The van der Waals surface area contributed by atoms with E-state index in [1.165, 1.54) is 0 Å². The highest BCUT2D eigenvalue weighted by Gasteiger charge is 2.70. The summed E-state index contributed by atoms with van der Waals surface area (Å²) >= 11 is 0. The summed E-state index contributed by atoms with van der Waals surface area (Å²) in [6, 6.07) is 0. The quantitative estimate of drug-likeness (QED) is 0.424. The number of hydrogen-bond donors (Lipinski definition) is 0. The number of esters is 1.